The second kappa shape index (κ2) is 10.3. The Morgan fingerprint density at radius 3 is 1.16 bits per heavy atom. The fourth-order valence-electron chi connectivity index (χ4n) is 4.71. The number of hydrogen-bond donors (Lipinski definition) is 0. The van der Waals surface area contributed by atoms with Crippen LogP contribution in [0.4, 0.5) is 0 Å². The van der Waals surface area contributed by atoms with Gasteiger partial charge in [0.1, 0.15) is 20.2 Å². The fraction of sp³-hybridized carbons (Fsp3) is 0.0312. The molecule has 0 fully saturated rings. The van der Waals surface area contributed by atoms with E-state index >= 15 is 0 Å². The topological polar surface area (TPSA) is 37.1 Å². The number of amidine groups is 1. The maximum atomic E-state index is 5.89. The SMILES string of the molecule is c1ccc(CC2=NP(c3ccccc3)(c3ccccc3)=NP(c3ccccc3)(c3ccccc3)=N2)cc1. The lowest BCUT2D eigenvalue weighted by atomic mass is 10.1. The third-order valence-corrected chi connectivity index (χ3v) is 13.6. The highest BCUT2D eigenvalue weighted by molar-refractivity contribution is 7.90. The molecule has 0 atom stereocenters. The average molecular weight is 516 g/mol. The van der Waals surface area contributed by atoms with Gasteiger partial charge >= 0.3 is 0 Å². The van der Waals surface area contributed by atoms with Crippen molar-refractivity contribution in [3.8, 4) is 0 Å². The molecule has 0 N–H and O–H groups in total. The van der Waals surface area contributed by atoms with Crippen LogP contribution >= 0.6 is 14.4 Å². The minimum atomic E-state index is -2.57. The Kier molecular flexibility index (Phi) is 6.58. The van der Waals surface area contributed by atoms with Gasteiger partial charge in [-0.2, -0.15) is 0 Å². The van der Waals surface area contributed by atoms with Gasteiger partial charge in [-0.1, -0.05) is 152 Å². The summed E-state index contributed by atoms with van der Waals surface area (Å²) in [6.45, 7) is 0. The highest BCUT2D eigenvalue weighted by Gasteiger charge is 2.36. The highest BCUT2D eigenvalue weighted by Crippen LogP contribution is 2.65. The van der Waals surface area contributed by atoms with Crippen molar-refractivity contribution in [3.05, 3.63) is 157 Å². The first kappa shape index (κ1) is 23.6. The molecule has 5 aromatic rings. The molecule has 0 spiro atoms. The van der Waals surface area contributed by atoms with Gasteiger partial charge in [0.15, 0.2) is 0 Å². The van der Waals surface area contributed by atoms with Crippen molar-refractivity contribution in [2.45, 2.75) is 6.42 Å². The van der Waals surface area contributed by atoms with Gasteiger partial charge in [0, 0.05) is 27.6 Å². The lowest BCUT2D eigenvalue weighted by Crippen LogP contribution is -2.23. The summed E-state index contributed by atoms with van der Waals surface area (Å²) in [5.74, 6) is 0.864. The molecule has 0 saturated carbocycles. The van der Waals surface area contributed by atoms with Crippen LogP contribution in [-0.2, 0) is 6.42 Å². The maximum Gasteiger partial charge on any atom is 0.139 e. The molecule has 3 nitrogen and oxygen atoms in total. The Morgan fingerprint density at radius 1 is 0.405 bits per heavy atom. The second-order valence-electron chi connectivity index (χ2n) is 8.91. The van der Waals surface area contributed by atoms with Gasteiger partial charge < -0.3 is 0 Å². The molecular weight excluding hydrogens is 488 g/mol. The molecule has 6 rings (SSSR count). The first-order valence-corrected chi connectivity index (χ1v) is 15.8. The quantitative estimate of drug-likeness (QED) is 0.215. The van der Waals surface area contributed by atoms with Crippen molar-refractivity contribution in [1.29, 1.82) is 0 Å². The molecule has 180 valence electrons. The van der Waals surface area contributed by atoms with E-state index in [1.54, 1.807) is 0 Å². The Labute approximate surface area is 218 Å². The normalized spacial score (nSPS) is 15.6. The van der Waals surface area contributed by atoms with E-state index in [0.29, 0.717) is 6.42 Å². The van der Waals surface area contributed by atoms with Crippen LogP contribution in [0, 0.1) is 0 Å². The number of nitrogens with zero attached hydrogens (tertiary/aromatic N) is 3. The van der Waals surface area contributed by atoms with Crippen molar-refractivity contribution in [3.63, 3.8) is 0 Å². The maximum absolute atomic E-state index is 5.89. The Bertz CT molecular complexity index is 1460. The highest BCUT2D eigenvalue weighted by atomic mass is 31.2. The summed E-state index contributed by atoms with van der Waals surface area (Å²) in [6.07, 6.45) is 0.666. The summed E-state index contributed by atoms with van der Waals surface area (Å²) >= 11 is 0. The number of hydrogen-bond acceptors (Lipinski definition) is 3. The molecular formula is C32H27N3P2. The van der Waals surface area contributed by atoms with Crippen molar-refractivity contribution in [1.82, 2.24) is 0 Å². The summed E-state index contributed by atoms with van der Waals surface area (Å²) in [4.78, 5) is 0. The van der Waals surface area contributed by atoms with Gasteiger partial charge in [-0.3, -0.25) is 0 Å². The van der Waals surface area contributed by atoms with Gasteiger partial charge in [-0.25, -0.2) is 14.0 Å². The zero-order valence-electron chi connectivity index (χ0n) is 20.4. The van der Waals surface area contributed by atoms with Gasteiger partial charge in [-0.15, -0.1) is 0 Å². The standard InChI is InChI=1S/C32H27N3P2/c1-6-16-27(17-7-1)26-32-33-36(28-18-8-2-9-19-28,29-20-10-3-11-21-29)35-37(34-32,30-22-12-4-13-23-30)31-24-14-5-15-25-31/h1-25H,26H2. The van der Waals surface area contributed by atoms with Crippen molar-refractivity contribution < 1.29 is 0 Å². The predicted octanol–water partition coefficient (Wildman–Crippen LogP) is 7.18. The molecule has 0 radical (unpaired) electrons. The van der Waals surface area contributed by atoms with E-state index in [-0.39, 0.29) is 0 Å². The van der Waals surface area contributed by atoms with E-state index in [0.717, 1.165) is 27.1 Å². The fourth-order valence-corrected chi connectivity index (χ4v) is 12.6. The van der Waals surface area contributed by atoms with Crippen LogP contribution in [0.25, 0.3) is 0 Å². The van der Waals surface area contributed by atoms with Gasteiger partial charge in [0.25, 0.3) is 0 Å². The third kappa shape index (κ3) is 4.58. The smallest absolute Gasteiger partial charge is 0.139 e. The van der Waals surface area contributed by atoms with Crippen molar-refractivity contribution >= 4 is 41.5 Å². The molecule has 1 aliphatic rings. The molecule has 37 heavy (non-hydrogen) atoms. The van der Waals surface area contributed by atoms with Crippen LogP contribution in [0.3, 0.4) is 0 Å². The minimum absolute atomic E-state index is 0.666. The first-order chi connectivity index (χ1) is 18.3. The third-order valence-electron chi connectivity index (χ3n) is 6.45. The zero-order valence-corrected chi connectivity index (χ0v) is 22.2. The number of rotatable bonds is 6. The Balaban J connectivity index is 1.76. The largest absolute Gasteiger partial charge is 0.223 e. The minimum Gasteiger partial charge on any atom is -0.223 e. The molecule has 1 aliphatic heterocycles. The van der Waals surface area contributed by atoms with E-state index in [4.69, 9.17) is 14.0 Å². The van der Waals surface area contributed by atoms with E-state index in [1.165, 1.54) is 5.56 Å². The van der Waals surface area contributed by atoms with E-state index in [9.17, 15) is 0 Å². The average Bonchev–Trinajstić information content (AvgIpc) is 2.99. The van der Waals surface area contributed by atoms with Crippen LogP contribution in [0.5, 0.6) is 0 Å². The van der Waals surface area contributed by atoms with Gasteiger partial charge in [0.2, 0.25) is 0 Å². The lowest BCUT2D eigenvalue weighted by molar-refractivity contribution is 1.29. The first-order valence-electron chi connectivity index (χ1n) is 12.4. The Hall–Kier alpha value is -3.77. The molecule has 5 heteroatoms. The summed E-state index contributed by atoms with van der Waals surface area (Å²) in [5.41, 5.74) is 1.20. The van der Waals surface area contributed by atoms with Crippen molar-refractivity contribution in [2.75, 3.05) is 0 Å². The van der Waals surface area contributed by atoms with Crippen LogP contribution in [0.2, 0.25) is 0 Å². The predicted molar refractivity (Wildman–Crippen MR) is 161 cm³/mol. The summed E-state index contributed by atoms with van der Waals surface area (Å²) in [7, 11) is -5.14. The lowest BCUT2D eigenvalue weighted by Gasteiger charge is -2.33. The molecule has 0 aliphatic carbocycles. The molecule has 0 bridgehead atoms. The summed E-state index contributed by atoms with van der Waals surface area (Å²) in [5, 5.41) is 4.60. The van der Waals surface area contributed by atoms with E-state index < -0.39 is 14.4 Å². The summed E-state index contributed by atoms with van der Waals surface area (Å²) in [6, 6.07) is 53.0. The second-order valence-corrected chi connectivity index (χ2v) is 14.5. The van der Waals surface area contributed by atoms with Crippen molar-refractivity contribution in [2.24, 2.45) is 14.0 Å². The molecule has 0 amide bonds. The van der Waals surface area contributed by atoms with E-state index in [1.807, 2.05) is 0 Å². The summed E-state index contributed by atoms with van der Waals surface area (Å²) < 4.78 is 16.9. The molecule has 1 heterocycles. The van der Waals surface area contributed by atoms with E-state index in [2.05, 4.69) is 152 Å². The molecule has 0 unspecified atom stereocenters. The molecule has 0 saturated heterocycles. The Morgan fingerprint density at radius 2 is 0.757 bits per heavy atom. The van der Waals surface area contributed by atoms with Crippen LogP contribution < -0.4 is 21.2 Å². The molecule has 5 aromatic carbocycles. The monoisotopic (exact) mass is 515 g/mol. The van der Waals surface area contributed by atoms with Crippen LogP contribution in [0.1, 0.15) is 5.56 Å². The number of benzene rings is 5. The zero-order chi connectivity index (χ0) is 25.0. The van der Waals surface area contributed by atoms with Crippen LogP contribution in [-0.4, -0.2) is 5.84 Å². The van der Waals surface area contributed by atoms with Gasteiger partial charge in [0.05, 0.1) is 0 Å². The van der Waals surface area contributed by atoms with Crippen LogP contribution in [0.15, 0.2) is 166 Å². The van der Waals surface area contributed by atoms with Gasteiger partial charge in [-0.05, 0) is 5.56 Å². The molecule has 0 aromatic heterocycles.